The number of hydrogen-bond donors (Lipinski definition) is 2. The van der Waals surface area contributed by atoms with E-state index in [1.807, 2.05) is 19.1 Å². The van der Waals surface area contributed by atoms with E-state index in [1.54, 1.807) is 31.4 Å². The molecule has 0 aromatic heterocycles. The Morgan fingerprint density at radius 3 is 2.57 bits per heavy atom. The van der Waals surface area contributed by atoms with E-state index in [-0.39, 0.29) is 5.91 Å². The smallest absolute Gasteiger partial charge is 0.259 e. The molecule has 0 atom stereocenters. The minimum absolute atomic E-state index is 0.304. The summed E-state index contributed by atoms with van der Waals surface area (Å²) in [4.78, 5) is 12.4. The van der Waals surface area contributed by atoms with Gasteiger partial charge in [-0.15, -0.1) is 0 Å². The molecule has 0 radical (unpaired) electrons. The molecule has 2 rings (SSSR count). The largest absolute Gasteiger partial charge is 0.495 e. The molecule has 0 saturated carbocycles. The number of rotatable bonds is 4. The number of benzene rings is 2. The topological polar surface area (TPSA) is 73.6 Å². The number of nitrogens with two attached hydrogens (primary N) is 1. The van der Waals surface area contributed by atoms with E-state index in [2.05, 4.69) is 5.32 Å². The zero-order valence-corrected chi connectivity index (χ0v) is 12.3. The van der Waals surface area contributed by atoms with Crippen LogP contribution in [0.2, 0.25) is 0 Å². The molecule has 0 heterocycles. The zero-order valence-electron chi connectivity index (χ0n) is 12.3. The Bertz CT molecular complexity index is 669. The van der Waals surface area contributed by atoms with Crippen molar-refractivity contribution in [2.75, 3.05) is 25.3 Å². The molecule has 0 aliphatic rings. The molecule has 3 N–H and O–H groups in total. The van der Waals surface area contributed by atoms with Gasteiger partial charge in [0, 0.05) is 0 Å². The summed E-state index contributed by atoms with van der Waals surface area (Å²) in [6.07, 6.45) is 0. The van der Waals surface area contributed by atoms with Crippen LogP contribution < -0.4 is 20.5 Å². The quantitative estimate of drug-likeness (QED) is 0.848. The van der Waals surface area contributed by atoms with E-state index >= 15 is 0 Å². The van der Waals surface area contributed by atoms with Gasteiger partial charge in [-0.2, -0.15) is 0 Å². The average molecular weight is 286 g/mol. The Labute approximate surface area is 123 Å². The molecule has 0 unspecified atom stereocenters. The number of carbonyl (C=O) groups is 1. The van der Waals surface area contributed by atoms with E-state index in [1.165, 1.54) is 7.11 Å². The van der Waals surface area contributed by atoms with Gasteiger partial charge in [-0.05, 0) is 36.8 Å². The second kappa shape index (κ2) is 6.17. The van der Waals surface area contributed by atoms with Crippen LogP contribution in [0.15, 0.2) is 36.4 Å². The molecule has 5 nitrogen and oxygen atoms in total. The lowest BCUT2D eigenvalue weighted by atomic mass is 10.1. The first kappa shape index (κ1) is 14.7. The van der Waals surface area contributed by atoms with Crippen LogP contribution in [0.1, 0.15) is 15.9 Å². The molecule has 21 heavy (non-hydrogen) atoms. The molecule has 0 bridgehead atoms. The van der Waals surface area contributed by atoms with Crippen molar-refractivity contribution in [2.24, 2.45) is 0 Å². The SMILES string of the molecule is COc1cc(C)ccc1NC(=O)c1cccc(N)c1OC. The lowest BCUT2D eigenvalue weighted by molar-refractivity contribution is 0.102. The van der Waals surface area contributed by atoms with E-state index < -0.39 is 0 Å². The van der Waals surface area contributed by atoms with E-state index in [9.17, 15) is 4.79 Å². The molecule has 2 aromatic rings. The van der Waals surface area contributed by atoms with Crippen LogP contribution in [0, 0.1) is 6.92 Å². The Balaban J connectivity index is 2.33. The molecule has 1 amide bonds. The van der Waals surface area contributed by atoms with Crippen LogP contribution >= 0.6 is 0 Å². The average Bonchev–Trinajstić information content (AvgIpc) is 2.48. The van der Waals surface area contributed by atoms with Gasteiger partial charge in [0.1, 0.15) is 5.75 Å². The number of aryl methyl sites for hydroxylation is 1. The highest BCUT2D eigenvalue weighted by Gasteiger charge is 2.16. The maximum absolute atomic E-state index is 12.4. The van der Waals surface area contributed by atoms with Gasteiger partial charge in [0.25, 0.3) is 5.91 Å². The molecule has 0 spiro atoms. The Hall–Kier alpha value is -2.69. The van der Waals surface area contributed by atoms with E-state index in [0.717, 1.165) is 5.56 Å². The summed E-state index contributed by atoms with van der Waals surface area (Å²) in [5.41, 5.74) is 8.24. The van der Waals surface area contributed by atoms with Crippen LogP contribution in [-0.4, -0.2) is 20.1 Å². The summed E-state index contributed by atoms with van der Waals surface area (Å²) in [5, 5.41) is 2.81. The monoisotopic (exact) mass is 286 g/mol. The van der Waals surface area contributed by atoms with Crippen molar-refractivity contribution >= 4 is 17.3 Å². The summed E-state index contributed by atoms with van der Waals surface area (Å²) in [7, 11) is 3.04. The second-order valence-electron chi connectivity index (χ2n) is 4.59. The summed E-state index contributed by atoms with van der Waals surface area (Å²) in [6.45, 7) is 1.95. The fourth-order valence-electron chi connectivity index (χ4n) is 2.05. The lowest BCUT2D eigenvalue weighted by Crippen LogP contribution is -2.14. The third kappa shape index (κ3) is 3.08. The van der Waals surface area contributed by atoms with Crippen molar-refractivity contribution in [3.63, 3.8) is 0 Å². The van der Waals surface area contributed by atoms with Crippen LogP contribution in [0.4, 0.5) is 11.4 Å². The number of anilines is 2. The number of para-hydroxylation sites is 1. The first-order chi connectivity index (χ1) is 10.1. The normalized spacial score (nSPS) is 10.0. The van der Waals surface area contributed by atoms with Gasteiger partial charge in [0.2, 0.25) is 0 Å². The highest BCUT2D eigenvalue weighted by atomic mass is 16.5. The molecule has 0 aliphatic carbocycles. The van der Waals surface area contributed by atoms with Gasteiger partial charge in [-0.3, -0.25) is 4.79 Å². The third-order valence-corrected chi connectivity index (χ3v) is 3.10. The van der Waals surface area contributed by atoms with Gasteiger partial charge in [-0.25, -0.2) is 0 Å². The highest BCUT2D eigenvalue weighted by molar-refractivity contribution is 6.07. The third-order valence-electron chi connectivity index (χ3n) is 3.10. The predicted octanol–water partition coefficient (Wildman–Crippen LogP) is 2.85. The molecular formula is C16H18N2O3. The van der Waals surface area contributed by atoms with Crippen molar-refractivity contribution < 1.29 is 14.3 Å². The highest BCUT2D eigenvalue weighted by Crippen LogP contribution is 2.29. The van der Waals surface area contributed by atoms with Crippen molar-refractivity contribution in [3.8, 4) is 11.5 Å². The Morgan fingerprint density at radius 2 is 1.90 bits per heavy atom. The fraction of sp³-hybridized carbons (Fsp3) is 0.188. The number of amides is 1. The van der Waals surface area contributed by atoms with Crippen LogP contribution in [0.25, 0.3) is 0 Å². The number of nitrogen functional groups attached to an aromatic ring is 1. The number of methoxy groups -OCH3 is 2. The maximum atomic E-state index is 12.4. The first-order valence-electron chi connectivity index (χ1n) is 6.45. The predicted molar refractivity (Wildman–Crippen MR) is 83.1 cm³/mol. The fourth-order valence-corrected chi connectivity index (χ4v) is 2.05. The number of nitrogens with one attached hydrogen (secondary N) is 1. The van der Waals surface area contributed by atoms with Crippen LogP contribution in [0.5, 0.6) is 11.5 Å². The summed E-state index contributed by atoms with van der Waals surface area (Å²) in [6, 6.07) is 10.6. The van der Waals surface area contributed by atoms with Crippen molar-refractivity contribution in [3.05, 3.63) is 47.5 Å². The number of carbonyl (C=O) groups excluding carboxylic acids is 1. The molecule has 2 aromatic carbocycles. The zero-order chi connectivity index (χ0) is 15.4. The standard InChI is InChI=1S/C16H18N2O3/c1-10-7-8-13(14(9-10)20-2)18-16(19)11-5-4-6-12(17)15(11)21-3/h4-9H,17H2,1-3H3,(H,18,19). The summed E-state index contributed by atoms with van der Waals surface area (Å²) in [5.74, 6) is 0.661. The van der Waals surface area contributed by atoms with Crippen molar-refractivity contribution in [2.45, 2.75) is 6.92 Å². The van der Waals surface area contributed by atoms with Gasteiger partial charge in [-0.1, -0.05) is 12.1 Å². The maximum Gasteiger partial charge on any atom is 0.259 e. The second-order valence-corrected chi connectivity index (χ2v) is 4.59. The molecule has 0 saturated heterocycles. The summed E-state index contributed by atoms with van der Waals surface area (Å²) >= 11 is 0. The van der Waals surface area contributed by atoms with E-state index in [4.69, 9.17) is 15.2 Å². The minimum Gasteiger partial charge on any atom is -0.495 e. The van der Waals surface area contributed by atoms with Gasteiger partial charge in [0.05, 0.1) is 31.2 Å². The number of ether oxygens (including phenoxy) is 2. The van der Waals surface area contributed by atoms with Gasteiger partial charge >= 0.3 is 0 Å². The molecule has 5 heteroatoms. The Morgan fingerprint density at radius 1 is 1.14 bits per heavy atom. The van der Waals surface area contributed by atoms with E-state index in [0.29, 0.717) is 28.4 Å². The van der Waals surface area contributed by atoms with Crippen LogP contribution in [-0.2, 0) is 0 Å². The first-order valence-corrected chi connectivity index (χ1v) is 6.45. The van der Waals surface area contributed by atoms with Gasteiger partial charge in [0.15, 0.2) is 5.75 Å². The van der Waals surface area contributed by atoms with Crippen LogP contribution in [0.3, 0.4) is 0 Å². The number of hydrogen-bond acceptors (Lipinski definition) is 4. The molecule has 0 aliphatic heterocycles. The lowest BCUT2D eigenvalue weighted by Gasteiger charge is -2.13. The minimum atomic E-state index is -0.304. The molecule has 110 valence electrons. The van der Waals surface area contributed by atoms with Gasteiger partial charge < -0.3 is 20.5 Å². The van der Waals surface area contributed by atoms with Crippen molar-refractivity contribution in [1.82, 2.24) is 0 Å². The summed E-state index contributed by atoms with van der Waals surface area (Å²) < 4.78 is 10.5. The van der Waals surface area contributed by atoms with Crippen molar-refractivity contribution in [1.29, 1.82) is 0 Å². The molecule has 0 fully saturated rings. The molecular weight excluding hydrogens is 268 g/mol. The Kier molecular flexibility index (Phi) is 4.33.